The maximum atomic E-state index is 7.91. The minimum atomic E-state index is -1.19. The van der Waals surface area contributed by atoms with Crippen molar-refractivity contribution in [2.45, 2.75) is 38.0 Å². The van der Waals surface area contributed by atoms with Crippen LogP contribution in [0.5, 0.6) is 0 Å². The second-order valence-corrected chi connectivity index (χ2v) is 8.66. The summed E-state index contributed by atoms with van der Waals surface area (Å²) in [6.07, 6.45) is 4.99. The van der Waals surface area contributed by atoms with E-state index in [-0.39, 0.29) is 5.52 Å². The molecule has 0 heterocycles. The molecule has 8 heavy (non-hydrogen) atoms. The Morgan fingerprint density at radius 2 is 2.00 bits per heavy atom. The third-order valence-corrected chi connectivity index (χ3v) is 4.21. The van der Waals surface area contributed by atoms with Gasteiger partial charge in [0.25, 0.3) is 0 Å². The molecule has 1 fully saturated rings. The molecule has 2 radical (unpaired) electrons. The lowest BCUT2D eigenvalue weighted by atomic mass is 10.00. The van der Waals surface area contributed by atoms with Gasteiger partial charge in [-0.3, -0.25) is 0 Å². The normalized spacial score (nSPS) is 28.6. The molecule has 0 atom stereocenters. The SMILES string of the molecule is [2H]C1([Si](C)(C)C)C[C]C1. The molecule has 0 bridgehead atoms. The Kier molecular flexibility index (Phi) is 1.18. The number of hydrogen-bond donors (Lipinski definition) is 0. The van der Waals surface area contributed by atoms with Crippen molar-refractivity contribution in [2.75, 3.05) is 0 Å². The first-order chi connectivity index (χ1) is 3.96. The van der Waals surface area contributed by atoms with Crippen molar-refractivity contribution in [3.05, 3.63) is 6.42 Å². The van der Waals surface area contributed by atoms with Crippen LogP contribution in [0.3, 0.4) is 0 Å². The fourth-order valence-corrected chi connectivity index (χ4v) is 2.09. The van der Waals surface area contributed by atoms with E-state index >= 15 is 0 Å². The van der Waals surface area contributed by atoms with Gasteiger partial charge in [0.2, 0.25) is 0 Å². The summed E-state index contributed by atoms with van der Waals surface area (Å²) in [7, 11) is -1.19. The molecule has 0 spiro atoms. The Hall–Kier alpha value is 0.217. The molecule has 1 saturated carbocycles. The molecule has 0 aromatic carbocycles. The average molecular weight is 127 g/mol. The average Bonchev–Trinajstić information content (AvgIpc) is 1.57. The molecule has 0 nitrogen and oxygen atoms in total. The summed E-state index contributed by atoms with van der Waals surface area (Å²) in [5.41, 5.74) is -0.0625. The predicted octanol–water partition coefficient (Wildman–Crippen LogP) is 2.57. The zero-order valence-electron chi connectivity index (χ0n) is 6.91. The molecule has 1 aliphatic rings. The summed E-state index contributed by atoms with van der Waals surface area (Å²) < 4.78 is 7.91. The van der Waals surface area contributed by atoms with E-state index in [1.54, 1.807) is 0 Å². The highest BCUT2D eigenvalue weighted by molar-refractivity contribution is 6.77. The maximum Gasteiger partial charge on any atom is 0.0474 e. The summed E-state index contributed by atoms with van der Waals surface area (Å²) in [6.45, 7) is 6.79. The first kappa shape index (κ1) is 5.04. The number of hydrogen-bond acceptors (Lipinski definition) is 0. The van der Waals surface area contributed by atoms with Crippen LogP contribution in [-0.2, 0) is 0 Å². The Morgan fingerprint density at radius 3 is 2.00 bits per heavy atom. The van der Waals surface area contributed by atoms with E-state index in [9.17, 15) is 0 Å². The highest BCUT2D eigenvalue weighted by atomic mass is 28.3. The van der Waals surface area contributed by atoms with E-state index in [4.69, 9.17) is 1.37 Å². The molecule has 1 aliphatic carbocycles. The molecule has 0 saturated heterocycles. The van der Waals surface area contributed by atoms with Crippen LogP contribution in [0.1, 0.15) is 14.2 Å². The van der Waals surface area contributed by atoms with E-state index in [1.807, 2.05) is 0 Å². The molecule has 0 aromatic heterocycles. The van der Waals surface area contributed by atoms with E-state index < -0.39 is 8.07 Å². The molecule has 0 aromatic rings. The minimum absolute atomic E-state index is 0.0625. The van der Waals surface area contributed by atoms with Crippen molar-refractivity contribution in [3.63, 3.8) is 0 Å². The van der Waals surface area contributed by atoms with Crippen molar-refractivity contribution in [2.24, 2.45) is 0 Å². The first-order valence-electron chi connectivity index (χ1n) is 3.66. The highest BCUT2D eigenvalue weighted by Crippen LogP contribution is 2.39. The van der Waals surface area contributed by atoms with Gasteiger partial charge in [-0.05, 0) is 24.8 Å². The first-order valence-corrected chi connectivity index (χ1v) is 6.66. The fraction of sp³-hybridized carbons (Fsp3) is 0.857. The Balaban J connectivity index is 2.59. The van der Waals surface area contributed by atoms with Gasteiger partial charge in [-0.25, -0.2) is 0 Å². The van der Waals surface area contributed by atoms with E-state index in [0.29, 0.717) is 0 Å². The van der Waals surface area contributed by atoms with Gasteiger partial charge in [0.15, 0.2) is 0 Å². The molecular weight excluding hydrogens is 112 g/mol. The zero-order valence-corrected chi connectivity index (χ0v) is 6.91. The van der Waals surface area contributed by atoms with Gasteiger partial charge in [0.05, 0.1) is 0 Å². The molecular formula is C7H14Si. The molecule has 1 heteroatoms. The lowest BCUT2D eigenvalue weighted by molar-refractivity contribution is 0.626. The fourth-order valence-electron chi connectivity index (χ4n) is 0.780. The van der Waals surface area contributed by atoms with Gasteiger partial charge >= 0.3 is 0 Å². The second-order valence-electron chi connectivity index (χ2n) is 3.46. The van der Waals surface area contributed by atoms with Crippen LogP contribution in [0, 0.1) is 6.42 Å². The van der Waals surface area contributed by atoms with Gasteiger partial charge < -0.3 is 0 Å². The zero-order chi connectivity index (χ0) is 7.12. The van der Waals surface area contributed by atoms with E-state index in [1.165, 1.54) is 0 Å². The lowest BCUT2D eigenvalue weighted by Crippen LogP contribution is -2.32. The summed E-state index contributed by atoms with van der Waals surface area (Å²) in [4.78, 5) is 0. The molecule has 0 amide bonds. The monoisotopic (exact) mass is 127 g/mol. The molecule has 1 rings (SSSR count). The van der Waals surface area contributed by atoms with Crippen molar-refractivity contribution in [1.82, 2.24) is 0 Å². The summed E-state index contributed by atoms with van der Waals surface area (Å²) in [6, 6.07) is 0. The molecule has 46 valence electrons. The predicted molar refractivity (Wildman–Crippen MR) is 39.6 cm³/mol. The van der Waals surface area contributed by atoms with Gasteiger partial charge in [-0.1, -0.05) is 19.6 Å². The molecule has 0 N–H and O–H groups in total. The van der Waals surface area contributed by atoms with Crippen LogP contribution in [0.4, 0.5) is 0 Å². The van der Waals surface area contributed by atoms with Crippen molar-refractivity contribution >= 4 is 8.07 Å². The molecule has 0 unspecified atom stereocenters. The van der Waals surface area contributed by atoms with E-state index in [0.717, 1.165) is 12.8 Å². The van der Waals surface area contributed by atoms with Crippen LogP contribution in [0.2, 0.25) is 25.2 Å². The summed E-state index contributed by atoms with van der Waals surface area (Å²) >= 11 is 0. The standard InChI is InChI=1S/C7H14Si/c1-8(2,3)7-5-4-6-7/h7H,5-6H2,1-3H3/i7D. The maximum absolute atomic E-state index is 7.91. The topological polar surface area (TPSA) is 0 Å². The lowest BCUT2D eigenvalue weighted by Gasteiger charge is -2.35. The van der Waals surface area contributed by atoms with Crippen molar-refractivity contribution in [3.8, 4) is 0 Å². The second kappa shape index (κ2) is 1.87. The van der Waals surface area contributed by atoms with Gasteiger partial charge in [-0.2, -0.15) is 0 Å². The smallest absolute Gasteiger partial charge is 0.0474 e. The van der Waals surface area contributed by atoms with Gasteiger partial charge in [0, 0.05) is 9.44 Å². The van der Waals surface area contributed by atoms with Crippen LogP contribution in [0.25, 0.3) is 0 Å². The van der Waals surface area contributed by atoms with Crippen LogP contribution >= 0.6 is 0 Å². The van der Waals surface area contributed by atoms with Crippen LogP contribution in [-0.4, -0.2) is 8.07 Å². The van der Waals surface area contributed by atoms with Gasteiger partial charge in [0.1, 0.15) is 0 Å². The van der Waals surface area contributed by atoms with Gasteiger partial charge in [-0.15, -0.1) is 0 Å². The van der Waals surface area contributed by atoms with Crippen LogP contribution in [0.15, 0.2) is 0 Å². The third-order valence-electron chi connectivity index (χ3n) is 1.74. The molecule has 0 aliphatic heterocycles. The summed E-state index contributed by atoms with van der Waals surface area (Å²) in [5, 5.41) is 0. The largest absolute Gasteiger partial charge is 0.0693 e. The Labute approximate surface area is 54.7 Å². The summed E-state index contributed by atoms with van der Waals surface area (Å²) in [5.74, 6) is 0. The van der Waals surface area contributed by atoms with Crippen molar-refractivity contribution in [1.29, 1.82) is 0 Å². The van der Waals surface area contributed by atoms with E-state index in [2.05, 4.69) is 26.1 Å². The third kappa shape index (κ3) is 1.13. The van der Waals surface area contributed by atoms with Crippen molar-refractivity contribution < 1.29 is 1.37 Å². The Morgan fingerprint density at radius 1 is 1.50 bits per heavy atom. The van der Waals surface area contributed by atoms with Crippen LogP contribution < -0.4 is 0 Å². The highest BCUT2D eigenvalue weighted by Gasteiger charge is 2.31. The Bertz CT molecular complexity index is 111. The minimum Gasteiger partial charge on any atom is -0.0693 e. The quantitative estimate of drug-likeness (QED) is 0.475. The number of rotatable bonds is 1.